The van der Waals surface area contributed by atoms with Crippen LogP contribution in [-0.4, -0.2) is 22.3 Å². The first-order valence-corrected chi connectivity index (χ1v) is 7.04. The first-order chi connectivity index (χ1) is 9.40. The second-order valence-electron chi connectivity index (χ2n) is 4.16. The van der Waals surface area contributed by atoms with Crippen molar-refractivity contribution in [3.05, 3.63) is 28.2 Å². The molecule has 2 aromatic rings. The van der Waals surface area contributed by atoms with Gasteiger partial charge in [0.15, 0.2) is 0 Å². The summed E-state index contributed by atoms with van der Waals surface area (Å²) in [6, 6.07) is 2.94. The first-order valence-electron chi connectivity index (χ1n) is 5.81. The van der Waals surface area contributed by atoms with Crippen molar-refractivity contribution in [2.24, 2.45) is 5.73 Å². The number of hydrogen-bond acceptors (Lipinski definition) is 3. The van der Waals surface area contributed by atoms with Crippen molar-refractivity contribution < 1.29 is 13.9 Å². The summed E-state index contributed by atoms with van der Waals surface area (Å²) >= 11 is 9.20. The highest BCUT2D eigenvalue weighted by Gasteiger charge is 2.17. The van der Waals surface area contributed by atoms with Gasteiger partial charge in [-0.3, -0.25) is 0 Å². The summed E-state index contributed by atoms with van der Waals surface area (Å²) in [6.45, 7) is 2.13. The van der Waals surface area contributed by atoms with Crippen molar-refractivity contribution in [1.82, 2.24) is 9.55 Å². The van der Waals surface area contributed by atoms with Crippen LogP contribution in [0.1, 0.15) is 18.1 Å². The molecule has 0 saturated carbocycles. The molecule has 0 fully saturated rings. The number of primary amides is 1. The van der Waals surface area contributed by atoms with Crippen LogP contribution < -0.4 is 5.73 Å². The number of nitrogens with zero attached hydrogens (tertiary/aromatic N) is 2. The van der Waals surface area contributed by atoms with Crippen LogP contribution in [0.2, 0.25) is 0 Å². The summed E-state index contributed by atoms with van der Waals surface area (Å²) in [6.07, 6.45) is -0.858. The third-order valence-corrected chi connectivity index (χ3v) is 3.54. The molecule has 0 radical (unpaired) electrons. The van der Waals surface area contributed by atoms with Crippen LogP contribution in [0.4, 0.5) is 9.18 Å². The maximum atomic E-state index is 13.7. The molecule has 1 amide bonds. The number of aromatic nitrogens is 2. The van der Waals surface area contributed by atoms with Gasteiger partial charge in [-0.05, 0) is 28.9 Å². The van der Waals surface area contributed by atoms with E-state index in [-0.39, 0.29) is 12.0 Å². The Labute approximate surface area is 128 Å². The van der Waals surface area contributed by atoms with Gasteiger partial charge in [-0.25, -0.2) is 14.2 Å². The van der Waals surface area contributed by atoms with Crippen LogP contribution >= 0.6 is 27.5 Å². The van der Waals surface area contributed by atoms with E-state index in [0.717, 1.165) is 0 Å². The smallest absolute Gasteiger partial charge is 0.404 e. The Bertz CT molecular complexity index is 660. The molecule has 20 heavy (non-hydrogen) atoms. The molecule has 1 aromatic heterocycles. The van der Waals surface area contributed by atoms with Crippen LogP contribution in [0.5, 0.6) is 0 Å². The highest BCUT2D eigenvalue weighted by molar-refractivity contribution is 9.10. The largest absolute Gasteiger partial charge is 0.448 e. The molecule has 0 aliphatic rings. The van der Waals surface area contributed by atoms with E-state index in [1.807, 2.05) is 0 Å². The Morgan fingerprint density at radius 1 is 1.65 bits per heavy atom. The van der Waals surface area contributed by atoms with E-state index < -0.39 is 11.9 Å². The van der Waals surface area contributed by atoms with E-state index in [1.54, 1.807) is 17.6 Å². The van der Waals surface area contributed by atoms with E-state index in [0.29, 0.717) is 27.9 Å². The molecule has 0 aliphatic carbocycles. The molecular weight excluding hydrogens is 353 g/mol. The lowest BCUT2D eigenvalue weighted by Gasteiger charge is -2.10. The van der Waals surface area contributed by atoms with E-state index in [4.69, 9.17) is 22.1 Å². The third kappa shape index (κ3) is 3.04. The fourth-order valence-corrected chi connectivity index (χ4v) is 2.41. The molecule has 1 atom stereocenters. The second kappa shape index (κ2) is 5.97. The number of amides is 1. The van der Waals surface area contributed by atoms with E-state index in [9.17, 15) is 9.18 Å². The Morgan fingerprint density at radius 3 is 2.95 bits per heavy atom. The fraction of sp³-hybridized carbons (Fsp3) is 0.333. The number of imidazole rings is 1. The second-order valence-corrected chi connectivity index (χ2v) is 5.67. The molecule has 5 nitrogen and oxygen atoms in total. The highest BCUT2D eigenvalue weighted by atomic mass is 79.9. The number of hydrogen-bond donors (Lipinski definition) is 1. The first kappa shape index (κ1) is 15.1. The van der Waals surface area contributed by atoms with Crippen molar-refractivity contribution in [3.8, 4) is 0 Å². The molecule has 108 valence electrons. The van der Waals surface area contributed by atoms with Crippen molar-refractivity contribution in [2.45, 2.75) is 18.8 Å². The molecule has 0 bridgehead atoms. The third-order valence-electron chi connectivity index (χ3n) is 2.73. The summed E-state index contributed by atoms with van der Waals surface area (Å²) < 4.78 is 20.4. The maximum Gasteiger partial charge on any atom is 0.404 e. The highest BCUT2D eigenvalue weighted by Crippen LogP contribution is 2.28. The molecule has 0 saturated heterocycles. The predicted octanol–water partition coefficient (Wildman–Crippen LogP) is 3.33. The van der Waals surface area contributed by atoms with Gasteiger partial charge < -0.3 is 15.0 Å². The monoisotopic (exact) mass is 363 g/mol. The summed E-state index contributed by atoms with van der Waals surface area (Å²) in [5.74, 6) is 0.176. The van der Waals surface area contributed by atoms with E-state index >= 15 is 0 Å². The summed E-state index contributed by atoms with van der Waals surface area (Å²) in [5, 5.41) is -0.363. The van der Waals surface area contributed by atoms with Crippen LogP contribution in [0.25, 0.3) is 11.0 Å². The van der Waals surface area contributed by atoms with Gasteiger partial charge in [0.1, 0.15) is 18.2 Å². The van der Waals surface area contributed by atoms with Crippen LogP contribution in [0.3, 0.4) is 0 Å². The lowest BCUT2D eigenvalue weighted by Crippen LogP contribution is -2.17. The zero-order valence-corrected chi connectivity index (χ0v) is 12.9. The molecule has 0 aliphatic heterocycles. The Morgan fingerprint density at radius 2 is 2.35 bits per heavy atom. The minimum Gasteiger partial charge on any atom is -0.448 e. The van der Waals surface area contributed by atoms with Gasteiger partial charge in [-0.15, -0.1) is 11.6 Å². The van der Waals surface area contributed by atoms with Crippen molar-refractivity contribution in [2.75, 3.05) is 6.61 Å². The molecule has 1 unspecified atom stereocenters. The minimum absolute atomic E-state index is 0.0646. The number of nitrogens with two attached hydrogens (primary N) is 1. The van der Waals surface area contributed by atoms with Gasteiger partial charge in [-0.2, -0.15) is 0 Å². The van der Waals surface area contributed by atoms with Crippen molar-refractivity contribution in [1.29, 1.82) is 0 Å². The zero-order chi connectivity index (χ0) is 14.9. The molecule has 2 rings (SSSR count). The molecule has 1 aromatic carbocycles. The fourth-order valence-electron chi connectivity index (χ4n) is 1.91. The van der Waals surface area contributed by atoms with Gasteiger partial charge >= 0.3 is 6.09 Å². The van der Waals surface area contributed by atoms with Crippen LogP contribution in [0, 0.1) is 5.82 Å². The Balaban J connectivity index is 2.45. The summed E-state index contributed by atoms with van der Waals surface area (Å²) in [5.41, 5.74) is 6.10. The quantitative estimate of drug-likeness (QED) is 0.846. The van der Waals surface area contributed by atoms with Gasteiger partial charge in [0.25, 0.3) is 0 Å². The number of halogens is 3. The van der Waals surface area contributed by atoms with Gasteiger partial charge in [-0.1, -0.05) is 0 Å². The van der Waals surface area contributed by atoms with E-state index in [2.05, 4.69) is 20.9 Å². The van der Waals surface area contributed by atoms with Crippen LogP contribution in [0.15, 0.2) is 16.6 Å². The van der Waals surface area contributed by atoms with Crippen molar-refractivity contribution >= 4 is 44.7 Å². The van der Waals surface area contributed by atoms with E-state index in [1.165, 1.54) is 6.07 Å². The number of carbonyl (C=O) groups is 1. The number of ether oxygens (including phenoxy) is 1. The lowest BCUT2D eigenvalue weighted by atomic mass is 10.3. The van der Waals surface area contributed by atoms with Gasteiger partial charge in [0.05, 0.1) is 27.4 Å². The minimum atomic E-state index is -0.858. The van der Waals surface area contributed by atoms with Crippen molar-refractivity contribution in [3.63, 3.8) is 0 Å². The average Bonchev–Trinajstić information content (AvgIpc) is 2.68. The van der Waals surface area contributed by atoms with Gasteiger partial charge in [0, 0.05) is 6.07 Å². The molecule has 2 N–H and O–H groups in total. The molecular formula is C12H12BrClFN3O2. The Hall–Kier alpha value is -1.34. The Kier molecular flexibility index (Phi) is 4.49. The standard InChI is InChI=1S/C12H12BrClFN3O2/c1-6(14)11-17-9-4-7(13)8(15)5-10(9)18(11)2-3-20-12(16)19/h4-6H,2-3H2,1H3,(H2,16,19). The topological polar surface area (TPSA) is 70.1 Å². The average molecular weight is 365 g/mol. The summed E-state index contributed by atoms with van der Waals surface area (Å²) in [7, 11) is 0. The van der Waals surface area contributed by atoms with Gasteiger partial charge in [0.2, 0.25) is 0 Å². The number of benzene rings is 1. The number of carbonyl (C=O) groups excluding carboxylic acids is 1. The zero-order valence-electron chi connectivity index (χ0n) is 10.6. The van der Waals surface area contributed by atoms with Crippen LogP contribution in [-0.2, 0) is 11.3 Å². The predicted molar refractivity (Wildman–Crippen MR) is 77.2 cm³/mol. The normalized spacial score (nSPS) is 12.6. The number of fused-ring (bicyclic) bond motifs is 1. The molecule has 0 spiro atoms. The molecule has 8 heteroatoms. The summed E-state index contributed by atoms with van der Waals surface area (Å²) in [4.78, 5) is 15.0. The molecule has 1 heterocycles. The maximum absolute atomic E-state index is 13.7. The SMILES string of the molecule is CC(Cl)c1nc2cc(Br)c(F)cc2n1CCOC(N)=O. The number of rotatable bonds is 4. The number of alkyl halides is 1. The lowest BCUT2D eigenvalue weighted by molar-refractivity contribution is 0.152.